The lowest BCUT2D eigenvalue weighted by atomic mass is 9.84. The molecule has 0 amide bonds. The molecule has 17 nitrogen and oxygen atoms in total. The van der Waals surface area contributed by atoms with Crippen LogP contribution in [0.25, 0.3) is 31.3 Å². The monoisotopic (exact) mass is 431 g/mol. The molecule has 1 saturated carbocycles. The Morgan fingerprint density at radius 3 is 2.07 bits per heavy atom. The highest BCUT2D eigenvalue weighted by molar-refractivity contribution is 5.02. The van der Waals surface area contributed by atoms with Crippen LogP contribution < -0.4 is 0 Å². The van der Waals surface area contributed by atoms with Crippen LogP contribution in [-0.4, -0.2) is 104 Å². The number of nitrogens with zero attached hydrogens (tertiary/aromatic N) is 9. The maximum absolute atomic E-state index is 10.4. The van der Waals surface area contributed by atoms with Crippen molar-refractivity contribution in [2.75, 3.05) is 6.61 Å². The predicted octanol–water partition coefficient (Wildman–Crippen LogP) is -1.67. The lowest BCUT2D eigenvalue weighted by Gasteiger charge is -2.46. The minimum atomic E-state index is -1.79. The van der Waals surface area contributed by atoms with Gasteiger partial charge in [0.2, 0.25) is 0 Å². The van der Waals surface area contributed by atoms with Crippen molar-refractivity contribution in [1.29, 1.82) is 0 Å². The Hall–Kier alpha value is -2.39. The zero-order chi connectivity index (χ0) is 22.4. The van der Waals surface area contributed by atoms with E-state index in [2.05, 4.69) is 30.1 Å². The smallest absolute Gasteiger partial charge is 0.169 e. The summed E-state index contributed by atoms with van der Waals surface area (Å²) < 4.78 is 10.9. The van der Waals surface area contributed by atoms with Crippen LogP contribution in [0.3, 0.4) is 0 Å². The van der Waals surface area contributed by atoms with Crippen LogP contribution in [-0.2, 0) is 9.47 Å². The van der Waals surface area contributed by atoms with Crippen molar-refractivity contribution in [3.05, 3.63) is 31.3 Å². The summed E-state index contributed by atoms with van der Waals surface area (Å²) in [4.78, 5) is 7.72. The average molecular weight is 431 g/mol. The van der Waals surface area contributed by atoms with E-state index in [1.807, 2.05) is 0 Å². The standard InChI is InChI=1S/C13H21N9O8/c14-20-17-3-1-4(18-21-15)11(9(27)7(3)25)29-13-6(19-22-16)8(26)10(28)12(30-13)5(24)2-23/h3-13,23-28H,1-2H2/t3-,4+,5-,6-,7+,8-,9-,10+,11-,12-,13+/m1/s1. The van der Waals surface area contributed by atoms with Gasteiger partial charge in [-0.15, -0.1) is 0 Å². The first-order valence-corrected chi connectivity index (χ1v) is 8.75. The molecule has 0 aromatic rings. The first-order chi connectivity index (χ1) is 14.3. The van der Waals surface area contributed by atoms with Crippen LogP contribution >= 0.6 is 0 Å². The Morgan fingerprint density at radius 1 is 0.900 bits per heavy atom. The van der Waals surface area contributed by atoms with Crippen LogP contribution in [0.5, 0.6) is 0 Å². The minimum absolute atomic E-state index is 0.205. The zero-order valence-corrected chi connectivity index (χ0v) is 15.3. The number of ether oxygens (including phenoxy) is 2. The third-order valence-corrected chi connectivity index (χ3v) is 4.99. The number of aliphatic hydroxyl groups is 6. The molecule has 0 spiro atoms. The molecular weight excluding hydrogens is 410 g/mol. The molecule has 0 unspecified atom stereocenters. The average Bonchev–Trinajstić information content (AvgIpc) is 2.73. The zero-order valence-electron chi connectivity index (χ0n) is 15.3. The fraction of sp³-hybridized carbons (Fsp3) is 1.00. The highest BCUT2D eigenvalue weighted by Crippen LogP contribution is 2.33. The summed E-state index contributed by atoms with van der Waals surface area (Å²) in [5, 5.41) is 70.0. The summed E-state index contributed by atoms with van der Waals surface area (Å²) in [7, 11) is 0. The number of azide groups is 3. The van der Waals surface area contributed by atoms with Crippen molar-refractivity contribution in [2.45, 2.75) is 73.6 Å². The Balaban J connectivity index is 2.34. The van der Waals surface area contributed by atoms with Crippen LogP contribution in [0, 0.1) is 0 Å². The van der Waals surface area contributed by atoms with Gasteiger partial charge in [0.25, 0.3) is 0 Å². The topological polar surface area (TPSA) is 286 Å². The number of hydrogen-bond acceptors (Lipinski definition) is 11. The van der Waals surface area contributed by atoms with E-state index in [4.69, 9.17) is 31.2 Å². The quantitative estimate of drug-likeness (QED) is 0.153. The van der Waals surface area contributed by atoms with Gasteiger partial charge in [-0.05, 0) is 23.0 Å². The molecule has 0 radical (unpaired) electrons. The van der Waals surface area contributed by atoms with Crippen molar-refractivity contribution in [2.24, 2.45) is 15.3 Å². The molecule has 1 saturated heterocycles. The highest BCUT2D eigenvalue weighted by Gasteiger charge is 2.51. The molecule has 1 heterocycles. The van der Waals surface area contributed by atoms with E-state index >= 15 is 0 Å². The van der Waals surface area contributed by atoms with Gasteiger partial charge in [0.05, 0.1) is 37.0 Å². The van der Waals surface area contributed by atoms with Crippen molar-refractivity contribution in [3.8, 4) is 0 Å². The Labute approximate surface area is 168 Å². The lowest BCUT2D eigenvalue weighted by molar-refractivity contribution is -0.303. The van der Waals surface area contributed by atoms with Crippen LogP contribution in [0.1, 0.15) is 6.42 Å². The first-order valence-electron chi connectivity index (χ1n) is 8.75. The molecule has 166 valence electrons. The number of aliphatic hydroxyl groups excluding tert-OH is 6. The molecule has 0 aromatic carbocycles. The molecule has 1 aliphatic carbocycles. The Bertz CT molecular complexity index is 740. The molecule has 11 atom stereocenters. The third-order valence-electron chi connectivity index (χ3n) is 4.99. The van der Waals surface area contributed by atoms with Gasteiger partial charge in [-0.1, -0.05) is 15.3 Å². The third kappa shape index (κ3) is 4.84. The fourth-order valence-corrected chi connectivity index (χ4v) is 3.45. The van der Waals surface area contributed by atoms with Crippen LogP contribution in [0.2, 0.25) is 0 Å². The van der Waals surface area contributed by atoms with Crippen LogP contribution in [0.15, 0.2) is 15.3 Å². The molecule has 30 heavy (non-hydrogen) atoms. The minimum Gasteiger partial charge on any atom is -0.394 e. The van der Waals surface area contributed by atoms with E-state index in [-0.39, 0.29) is 6.42 Å². The van der Waals surface area contributed by atoms with Gasteiger partial charge in [0, 0.05) is 14.7 Å². The number of rotatable bonds is 7. The van der Waals surface area contributed by atoms with E-state index in [0.29, 0.717) is 0 Å². The maximum Gasteiger partial charge on any atom is 0.169 e. The highest BCUT2D eigenvalue weighted by atomic mass is 16.7. The predicted molar refractivity (Wildman–Crippen MR) is 94.1 cm³/mol. The van der Waals surface area contributed by atoms with Crippen molar-refractivity contribution in [1.82, 2.24) is 0 Å². The van der Waals surface area contributed by atoms with Crippen molar-refractivity contribution in [3.63, 3.8) is 0 Å². The summed E-state index contributed by atoms with van der Waals surface area (Å²) >= 11 is 0. The second-order valence-corrected chi connectivity index (χ2v) is 6.76. The van der Waals surface area contributed by atoms with Gasteiger partial charge < -0.3 is 40.1 Å². The molecule has 2 aliphatic rings. The lowest BCUT2D eigenvalue weighted by Crippen LogP contribution is -2.64. The maximum atomic E-state index is 10.4. The SMILES string of the molecule is [N-]=[N+]=N[C@H]1[C@@H](O[C@H]2[C@H](O)[C@@H](O)[C@H](N=[N+]=[N-])C[C@@H]2N=[N+]=[N-])O[C@H]([C@H](O)CO)[C@@H](O)[C@@H]1O. The molecule has 17 heteroatoms. The van der Waals surface area contributed by atoms with E-state index < -0.39 is 73.8 Å². The molecule has 2 fully saturated rings. The van der Waals surface area contributed by atoms with Gasteiger partial charge >= 0.3 is 0 Å². The van der Waals surface area contributed by atoms with Gasteiger partial charge in [-0.25, -0.2) is 0 Å². The molecule has 6 N–H and O–H groups in total. The summed E-state index contributed by atoms with van der Waals surface area (Å²) in [5.74, 6) is 0. The summed E-state index contributed by atoms with van der Waals surface area (Å²) in [5.41, 5.74) is 26.1. The normalized spacial score (nSPS) is 42.2. The molecule has 0 bridgehead atoms. The largest absolute Gasteiger partial charge is 0.394 e. The molecule has 1 aliphatic heterocycles. The molecule has 0 aromatic heterocycles. The van der Waals surface area contributed by atoms with Crippen molar-refractivity contribution < 1.29 is 40.1 Å². The van der Waals surface area contributed by atoms with Crippen LogP contribution in [0.4, 0.5) is 0 Å². The Morgan fingerprint density at radius 2 is 1.50 bits per heavy atom. The van der Waals surface area contributed by atoms with E-state index in [1.54, 1.807) is 0 Å². The van der Waals surface area contributed by atoms with E-state index in [9.17, 15) is 25.5 Å². The Kier molecular flexibility index (Phi) is 8.43. The van der Waals surface area contributed by atoms with E-state index in [0.717, 1.165) is 0 Å². The van der Waals surface area contributed by atoms with Gasteiger partial charge in [0.15, 0.2) is 6.29 Å². The fourth-order valence-electron chi connectivity index (χ4n) is 3.45. The summed E-state index contributed by atoms with van der Waals surface area (Å²) in [6, 6.07) is -3.85. The van der Waals surface area contributed by atoms with E-state index in [1.165, 1.54) is 0 Å². The van der Waals surface area contributed by atoms with Gasteiger partial charge in [-0.3, -0.25) is 0 Å². The second kappa shape index (κ2) is 10.6. The number of hydrogen-bond donors (Lipinski definition) is 6. The summed E-state index contributed by atoms with van der Waals surface area (Å²) in [6.45, 7) is -0.840. The molecule has 2 rings (SSSR count). The second-order valence-electron chi connectivity index (χ2n) is 6.76. The summed E-state index contributed by atoms with van der Waals surface area (Å²) in [6.07, 6.45) is -13.4. The van der Waals surface area contributed by atoms with Gasteiger partial charge in [0.1, 0.15) is 30.5 Å². The molecular formula is C13H21N9O8. The first kappa shape index (κ1) is 23.9. The van der Waals surface area contributed by atoms with Crippen molar-refractivity contribution >= 4 is 0 Å². The van der Waals surface area contributed by atoms with Gasteiger partial charge in [-0.2, -0.15) is 0 Å².